The highest BCUT2D eigenvalue weighted by atomic mass is 35.5. The van der Waals surface area contributed by atoms with Gasteiger partial charge in [0.1, 0.15) is 22.6 Å². The van der Waals surface area contributed by atoms with Crippen molar-refractivity contribution in [2.24, 2.45) is 0 Å². The Morgan fingerprint density at radius 3 is 2.96 bits per heavy atom. The molecule has 0 unspecified atom stereocenters. The number of halogens is 1. The fourth-order valence-corrected chi connectivity index (χ4v) is 3.46. The van der Waals surface area contributed by atoms with Gasteiger partial charge in [-0.3, -0.25) is 14.8 Å². The summed E-state index contributed by atoms with van der Waals surface area (Å²) in [5.74, 6) is 0.542. The minimum Gasteiger partial charge on any atom is -0.487 e. The summed E-state index contributed by atoms with van der Waals surface area (Å²) in [6.45, 7) is 1.22. The molecule has 132 valence electrons. The predicted octanol–water partition coefficient (Wildman–Crippen LogP) is 3.97. The van der Waals surface area contributed by atoms with Crippen molar-refractivity contribution < 1.29 is 9.53 Å². The minimum atomic E-state index is -0.0948. The third-order valence-electron chi connectivity index (χ3n) is 4.57. The van der Waals surface area contributed by atoms with Gasteiger partial charge in [0.25, 0.3) is 5.91 Å². The molecule has 0 aliphatic carbocycles. The van der Waals surface area contributed by atoms with Gasteiger partial charge in [-0.2, -0.15) is 0 Å². The molecule has 1 atom stereocenters. The molecule has 1 amide bonds. The maximum Gasteiger partial charge on any atom is 0.273 e. The molecule has 26 heavy (non-hydrogen) atoms. The third kappa shape index (κ3) is 3.35. The van der Waals surface area contributed by atoms with E-state index in [-0.39, 0.29) is 12.0 Å². The van der Waals surface area contributed by atoms with E-state index in [1.54, 1.807) is 24.7 Å². The van der Waals surface area contributed by atoms with E-state index < -0.39 is 0 Å². The lowest BCUT2D eigenvalue weighted by Crippen LogP contribution is -2.44. The Morgan fingerprint density at radius 2 is 2.08 bits per heavy atom. The molecule has 2 aromatic heterocycles. The monoisotopic (exact) mass is 367 g/mol. The first-order chi connectivity index (χ1) is 12.7. The summed E-state index contributed by atoms with van der Waals surface area (Å²) in [5.41, 5.74) is 0.491. The number of rotatable bonds is 3. The number of carbonyl (C=O) groups is 1. The van der Waals surface area contributed by atoms with Gasteiger partial charge >= 0.3 is 0 Å². The van der Waals surface area contributed by atoms with E-state index in [1.165, 1.54) is 0 Å². The quantitative estimate of drug-likeness (QED) is 0.703. The summed E-state index contributed by atoms with van der Waals surface area (Å²) in [6, 6.07) is 11.5. The number of piperidine rings is 1. The van der Waals surface area contributed by atoms with Crippen LogP contribution in [0.1, 0.15) is 23.3 Å². The zero-order valence-corrected chi connectivity index (χ0v) is 14.9. The van der Waals surface area contributed by atoms with Gasteiger partial charge in [0.05, 0.1) is 6.54 Å². The van der Waals surface area contributed by atoms with Gasteiger partial charge in [0.2, 0.25) is 0 Å². The Kier molecular flexibility index (Phi) is 4.71. The van der Waals surface area contributed by atoms with Crippen LogP contribution in [0.25, 0.3) is 10.8 Å². The van der Waals surface area contributed by atoms with Gasteiger partial charge < -0.3 is 9.64 Å². The molecule has 1 saturated heterocycles. The van der Waals surface area contributed by atoms with E-state index in [0.717, 1.165) is 23.6 Å². The molecule has 0 radical (unpaired) electrons. The Hall–Kier alpha value is -2.66. The average Bonchev–Trinajstić information content (AvgIpc) is 2.69. The maximum atomic E-state index is 13.1. The molecule has 0 saturated carbocycles. The van der Waals surface area contributed by atoms with Crippen molar-refractivity contribution in [1.29, 1.82) is 0 Å². The van der Waals surface area contributed by atoms with E-state index in [4.69, 9.17) is 16.3 Å². The van der Waals surface area contributed by atoms with Gasteiger partial charge in [-0.1, -0.05) is 35.9 Å². The van der Waals surface area contributed by atoms with Gasteiger partial charge in [-0.15, -0.1) is 0 Å². The fourth-order valence-electron chi connectivity index (χ4n) is 3.30. The van der Waals surface area contributed by atoms with Crippen LogP contribution in [-0.4, -0.2) is 40.0 Å². The second kappa shape index (κ2) is 7.30. The minimum absolute atomic E-state index is 0.0593. The molecular formula is C20H18ClN3O2. The average molecular weight is 368 g/mol. The molecule has 1 aromatic carbocycles. The number of fused-ring (bicyclic) bond motifs is 1. The van der Waals surface area contributed by atoms with Crippen molar-refractivity contribution in [2.45, 2.75) is 18.9 Å². The SMILES string of the molecule is O=C(c1nccc2ccccc12)N1CCC[C@@H](Oc2ccncc2Cl)C1. The van der Waals surface area contributed by atoms with Crippen molar-refractivity contribution in [1.82, 2.24) is 14.9 Å². The van der Waals surface area contributed by atoms with E-state index >= 15 is 0 Å². The zero-order valence-electron chi connectivity index (χ0n) is 14.1. The molecule has 0 N–H and O–H groups in total. The van der Waals surface area contributed by atoms with Crippen LogP contribution < -0.4 is 4.74 Å². The third-order valence-corrected chi connectivity index (χ3v) is 4.85. The van der Waals surface area contributed by atoms with Crippen LogP contribution in [0.5, 0.6) is 5.75 Å². The molecule has 0 bridgehead atoms. The summed E-state index contributed by atoms with van der Waals surface area (Å²) in [4.78, 5) is 23.2. The van der Waals surface area contributed by atoms with Crippen molar-refractivity contribution in [3.8, 4) is 5.75 Å². The number of pyridine rings is 2. The molecule has 1 aliphatic rings. The number of aromatic nitrogens is 2. The van der Waals surface area contributed by atoms with Crippen LogP contribution in [-0.2, 0) is 0 Å². The lowest BCUT2D eigenvalue weighted by molar-refractivity contribution is 0.0535. The number of nitrogens with zero attached hydrogens (tertiary/aromatic N) is 3. The Bertz CT molecular complexity index is 942. The lowest BCUT2D eigenvalue weighted by Gasteiger charge is -2.33. The number of benzene rings is 1. The molecule has 6 heteroatoms. The van der Waals surface area contributed by atoms with Crippen molar-refractivity contribution in [2.75, 3.05) is 13.1 Å². The number of amides is 1. The number of carbonyl (C=O) groups excluding carboxylic acids is 1. The molecule has 1 aliphatic heterocycles. The molecule has 0 spiro atoms. The van der Waals surface area contributed by atoms with Crippen molar-refractivity contribution in [3.63, 3.8) is 0 Å². The highest BCUT2D eigenvalue weighted by Crippen LogP contribution is 2.26. The Labute approximate surface area is 156 Å². The summed E-state index contributed by atoms with van der Waals surface area (Å²) >= 11 is 6.13. The second-order valence-corrected chi connectivity index (χ2v) is 6.73. The zero-order chi connectivity index (χ0) is 17.9. The van der Waals surface area contributed by atoms with Gasteiger partial charge in [0, 0.05) is 36.6 Å². The predicted molar refractivity (Wildman–Crippen MR) is 101 cm³/mol. The molecule has 5 nitrogen and oxygen atoms in total. The molecule has 3 heterocycles. The van der Waals surface area contributed by atoms with Crippen LogP contribution in [0.2, 0.25) is 5.02 Å². The summed E-state index contributed by atoms with van der Waals surface area (Å²) in [7, 11) is 0. The van der Waals surface area contributed by atoms with Crippen LogP contribution >= 0.6 is 11.6 Å². The van der Waals surface area contributed by atoms with Crippen LogP contribution in [0.4, 0.5) is 0 Å². The van der Waals surface area contributed by atoms with Crippen LogP contribution in [0.3, 0.4) is 0 Å². The van der Waals surface area contributed by atoms with Gasteiger partial charge in [-0.25, -0.2) is 0 Å². The van der Waals surface area contributed by atoms with Crippen molar-refractivity contribution in [3.05, 3.63) is 65.7 Å². The molecular weight excluding hydrogens is 350 g/mol. The maximum absolute atomic E-state index is 13.1. The smallest absolute Gasteiger partial charge is 0.273 e. The number of ether oxygens (including phenoxy) is 1. The molecule has 4 rings (SSSR count). The highest BCUT2D eigenvalue weighted by Gasteiger charge is 2.27. The number of hydrogen-bond donors (Lipinski definition) is 0. The number of hydrogen-bond acceptors (Lipinski definition) is 4. The second-order valence-electron chi connectivity index (χ2n) is 6.32. The van der Waals surface area contributed by atoms with Gasteiger partial charge in [-0.05, 0) is 24.3 Å². The van der Waals surface area contributed by atoms with Crippen LogP contribution in [0.15, 0.2) is 55.0 Å². The van der Waals surface area contributed by atoms with Gasteiger partial charge in [0.15, 0.2) is 0 Å². The summed E-state index contributed by atoms with van der Waals surface area (Å²) in [6.07, 6.45) is 6.55. The molecule has 3 aromatic rings. The standard InChI is InChI=1S/C20H18ClN3O2/c21-17-12-22-9-8-18(17)26-15-5-3-11-24(13-15)20(25)19-16-6-2-1-4-14(16)7-10-23-19/h1-2,4,6-10,12,15H,3,5,11,13H2/t15-/m1/s1. The highest BCUT2D eigenvalue weighted by molar-refractivity contribution is 6.31. The largest absolute Gasteiger partial charge is 0.487 e. The normalized spacial score (nSPS) is 17.3. The Morgan fingerprint density at radius 1 is 1.19 bits per heavy atom. The number of likely N-dealkylation sites (tertiary alicyclic amines) is 1. The summed E-state index contributed by atoms with van der Waals surface area (Å²) in [5, 5.41) is 2.37. The topological polar surface area (TPSA) is 55.3 Å². The summed E-state index contributed by atoms with van der Waals surface area (Å²) < 4.78 is 6.00. The first-order valence-electron chi connectivity index (χ1n) is 8.61. The van der Waals surface area contributed by atoms with E-state index in [1.807, 2.05) is 35.2 Å². The lowest BCUT2D eigenvalue weighted by atomic mass is 10.1. The van der Waals surface area contributed by atoms with E-state index in [0.29, 0.717) is 29.6 Å². The van der Waals surface area contributed by atoms with E-state index in [9.17, 15) is 4.79 Å². The van der Waals surface area contributed by atoms with Crippen molar-refractivity contribution >= 4 is 28.3 Å². The van der Waals surface area contributed by atoms with Crippen LogP contribution in [0, 0.1) is 0 Å². The first-order valence-corrected chi connectivity index (χ1v) is 8.99. The fraction of sp³-hybridized carbons (Fsp3) is 0.250. The Balaban J connectivity index is 1.54. The first kappa shape index (κ1) is 16.8. The van der Waals surface area contributed by atoms with E-state index in [2.05, 4.69) is 9.97 Å². The molecule has 1 fully saturated rings.